The number of rotatable bonds is 4. The smallest absolute Gasteiger partial charge is 0.325 e. The molecule has 0 bridgehead atoms. The van der Waals surface area contributed by atoms with E-state index in [2.05, 4.69) is 10.1 Å². The van der Waals surface area contributed by atoms with Gasteiger partial charge in [0.2, 0.25) is 0 Å². The Morgan fingerprint density at radius 2 is 1.87 bits per heavy atom. The first-order chi connectivity index (χ1) is 11.3. The standard InChI is InChI=1S/C17H13N3O3/c21-16-10-12(11-22-13-6-2-1-3-7-13)19-20(16)17-18-14-8-4-5-9-15(14)23-17/h1-10,19H,11H2. The van der Waals surface area contributed by atoms with Crippen molar-refractivity contribution < 1.29 is 9.15 Å². The molecule has 1 N–H and O–H groups in total. The van der Waals surface area contributed by atoms with Gasteiger partial charge in [-0.1, -0.05) is 30.3 Å². The van der Waals surface area contributed by atoms with Crippen LogP contribution in [0.2, 0.25) is 0 Å². The van der Waals surface area contributed by atoms with E-state index < -0.39 is 0 Å². The number of hydrogen-bond acceptors (Lipinski definition) is 4. The molecule has 0 unspecified atom stereocenters. The van der Waals surface area contributed by atoms with Crippen molar-refractivity contribution in [2.75, 3.05) is 0 Å². The van der Waals surface area contributed by atoms with Gasteiger partial charge in [-0.2, -0.15) is 9.67 Å². The van der Waals surface area contributed by atoms with Gasteiger partial charge in [0.25, 0.3) is 5.56 Å². The van der Waals surface area contributed by atoms with Crippen LogP contribution in [0.3, 0.4) is 0 Å². The van der Waals surface area contributed by atoms with Crippen LogP contribution in [0.5, 0.6) is 5.75 Å². The lowest BCUT2D eigenvalue weighted by atomic mass is 10.3. The van der Waals surface area contributed by atoms with E-state index in [4.69, 9.17) is 9.15 Å². The number of oxazole rings is 1. The van der Waals surface area contributed by atoms with E-state index in [0.29, 0.717) is 16.8 Å². The molecule has 0 amide bonds. The number of nitrogens with zero attached hydrogens (tertiary/aromatic N) is 2. The summed E-state index contributed by atoms with van der Waals surface area (Å²) in [7, 11) is 0. The van der Waals surface area contributed by atoms with Crippen molar-refractivity contribution in [3.05, 3.63) is 76.7 Å². The third-order valence-electron chi connectivity index (χ3n) is 3.38. The molecule has 6 heteroatoms. The molecule has 2 heterocycles. The molecule has 2 aromatic carbocycles. The van der Waals surface area contributed by atoms with Crippen molar-refractivity contribution in [1.29, 1.82) is 0 Å². The third kappa shape index (κ3) is 2.62. The summed E-state index contributed by atoms with van der Waals surface area (Å²) in [4.78, 5) is 16.4. The number of ether oxygens (including phenoxy) is 1. The van der Waals surface area contributed by atoms with Gasteiger partial charge in [0, 0.05) is 6.07 Å². The van der Waals surface area contributed by atoms with Crippen LogP contribution in [0.4, 0.5) is 0 Å². The van der Waals surface area contributed by atoms with E-state index >= 15 is 0 Å². The van der Waals surface area contributed by atoms with Gasteiger partial charge in [-0.15, -0.1) is 0 Å². The molecule has 0 aliphatic carbocycles. The molecule has 2 aromatic heterocycles. The molecule has 0 saturated carbocycles. The van der Waals surface area contributed by atoms with Gasteiger partial charge >= 0.3 is 6.01 Å². The Hall–Kier alpha value is -3.28. The monoisotopic (exact) mass is 307 g/mol. The summed E-state index contributed by atoms with van der Waals surface area (Å²) in [6.45, 7) is 0.256. The van der Waals surface area contributed by atoms with Crippen LogP contribution >= 0.6 is 0 Å². The minimum absolute atomic E-state index is 0.210. The first-order valence-electron chi connectivity index (χ1n) is 7.14. The zero-order valence-corrected chi connectivity index (χ0v) is 12.1. The topological polar surface area (TPSA) is 73.1 Å². The lowest BCUT2D eigenvalue weighted by molar-refractivity contribution is 0.300. The molecule has 0 radical (unpaired) electrons. The van der Waals surface area contributed by atoms with Crippen LogP contribution in [0.15, 0.2) is 69.9 Å². The van der Waals surface area contributed by atoms with Gasteiger partial charge in [0.1, 0.15) is 17.9 Å². The highest BCUT2D eigenvalue weighted by atomic mass is 16.5. The summed E-state index contributed by atoms with van der Waals surface area (Å²) < 4.78 is 12.5. The molecule has 0 saturated heterocycles. The summed E-state index contributed by atoms with van der Waals surface area (Å²) in [5.41, 5.74) is 1.72. The quantitative estimate of drug-likeness (QED) is 0.629. The van der Waals surface area contributed by atoms with Gasteiger partial charge in [-0.05, 0) is 24.3 Å². The molecule has 0 fully saturated rings. The highest BCUT2D eigenvalue weighted by Crippen LogP contribution is 2.16. The van der Waals surface area contributed by atoms with Crippen molar-refractivity contribution in [3.8, 4) is 11.8 Å². The normalized spacial score (nSPS) is 11.0. The molecule has 4 rings (SSSR count). The second-order valence-electron chi connectivity index (χ2n) is 5.02. The van der Waals surface area contributed by atoms with Crippen molar-refractivity contribution in [2.45, 2.75) is 6.61 Å². The fraction of sp³-hybridized carbons (Fsp3) is 0.0588. The van der Waals surface area contributed by atoms with Crippen LogP contribution in [-0.2, 0) is 6.61 Å². The van der Waals surface area contributed by atoms with Gasteiger partial charge < -0.3 is 9.15 Å². The zero-order valence-electron chi connectivity index (χ0n) is 12.1. The Balaban J connectivity index is 1.60. The summed E-state index contributed by atoms with van der Waals surface area (Å²) in [5, 5.41) is 2.95. The number of fused-ring (bicyclic) bond motifs is 1. The van der Waals surface area contributed by atoms with E-state index in [-0.39, 0.29) is 18.2 Å². The number of benzene rings is 2. The number of para-hydroxylation sites is 3. The minimum Gasteiger partial charge on any atom is -0.487 e. The molecule has 0 atom stereocenters. The van der Waals surface area contributed by atoms with Crippen molar-refractivity contribution in [3.63, 3.8) is 0 Å². The second-order valence-corrected chi connectivity index (χ2v) is 5.02. The Bertz CT molecular complexity index is 966. The molecular formula is C17H13N3O3. The minimum atomic E-state index is -0.247. The largest absolute Gasteiger partial charge is 0.487 e. The highest BCUT2D eigenvalue weighted by molar-refractivity contribution is 5.73. The number of nitrogens with one attached hydrogen (secondary N) is 1. The van der Waals surface area contributed by atoms with Crippen LogP contribution < -0.4 is 10.3 Å². The van der Waals surface area contributed by atoms with Crippen LogP contribution in [0, 0.1) is 0 Å². The fourth-order valence-electron chi connectivity index (χ4n) is 2.29. The molecule has 4 aromatic rings. The average Bonchev–Trinajstić information content (AvgIpc) is 3.17. The van der Waals surface area contributed by atoms with Crippen LogP contribution in [0.25, 0.3) is 17.1 Å². The van der Waals surface area contributed by atoms with Gasteiger partial charge in [0.15, 0.2) is 5.58 Å². The maximum atomic E-state index is 12.1. The van der Waals surface area contributed by atoms with Crippen LogP contribution in [-0.4, -0.2) is 14.8 Å². The fourth-order valence-corrected chi connectivity index (χ4v) is 2.29. The molecular weight excluding hydrogens is 294 g/mol. The maximum absolute atomic E-state index is 12.1. The summed E-state index contributed by atoms with van der Waals surface area (Å²) >= 11 is 0. The predicted molar refractivity (Wildman–Crippen MR) is 84.7 cm³/mol. The molecule has 114 valence electrons. The lowest BCUT2D eigenvalue weighted by Gasteiger charge is -2.03. The van der Waals surface area contributed by atoms with Crippen LogP contribution in [0.1, 0.15) is 5.69 Å². The van der Waals surface area contributed by atoms with Crippen molar-refractivity contribution >= 4 is 11.1 Å². The highest BCUT2D eigenvalue weighted by Gasteiger charge is 2.12. The molecule has 23 heavy (non-hydrogen) atoms. The molecule has 6 nitrogen and oxygen atoms in total. The van der Waals surface area contributed by atoms with E-state index in [1.165, 1.54) is 10.7 Å². The SMILES string of the molecule is O=c1cc(COc2ccccc2)[nH]n1-c1nc2ccccc2o1. The summed E-state index contributed by atoms with van der Waals surface area (Å²) in [5.74, 6) is 0.739. The van der Waals surface area contributed by atoms with Crippen molar-refractivity contribution in [1.82, 2.24) is 14.8 Å². The third-order valence-corrected chi connectivity index (χ3v) is 3.38. The van der Waals surface area contributed by atoms with E-state index in [1.807, 2.05) is 48.5 Å². The molecule has 0 aliphatic rings. The first-order valence-corrected chi connectivity index (χ1v) is 7.14. The van der Waals surface area contributed by atoms with E-state index in [9.17, 15) is 4.79 Å². The lowest BCUT2D eigenvalue weighted by Crippen LogP contribution is -2.13. The summed E-state index contributed by atoms with van der Waals surface area (Å²) in [6, 6.07) is 18.4. The first kappa shape index (κ1) is 13.4. The molecule has 0 aliphatic heterocycles. The van der Waals surface area contributed by atoms with Crippen molar-refractivity contribution in [2.24, 2.45) is 0 Å². The number of hydrogen-bond donors (Lipinski definition) is 1. The number of H-pyrrole nitrogens is 1. The van der Waals surface area contributed by atoms with Gasteiger partial charge in [-0.3, -0.25) is 9.89 Å². The number of aromatic nitrogens is 3. The second kappa shape index (κ2) is 5.49. The average molecular weight is 307 g/mol. The number of aromatic amines is 1. The Morgan fingerprint density at radius 1 is 1.09 bits per heavy atom. The van der Waals surface area contributed by atoms with E-state index in [1.54, 1.807) is 6.07 Å². The predicted octanol–water partition coefficient (Wildman–Crippen LogP) is 2.89. The Kier molecular flexibility index (Phi) is 3.20. The Labute approximate surface area is 130 Å². The molecule has 0 spiro atoms. The van der Waals surface area contributed by atoms with Gasteiger partial charge in [-0.25, -0.2) is 0 Å². The van der Waals surface area contributed by atoms with E-state index in [0.717, 1.165) is 5.75 Å². The Morgan fingerprint density at radius 3 is 2.70 bits per heavy atom. The maximum Gasteiger partial charge on any atom is 0.325 e. The van der Waals surface area contributed by atoms with Gasteiger partial charge in [0.05, 0.1) is 5.69 Å². The summed E-state index contributed by atoms with van der Waals surface area (Å²) in [6.07, 6.45) is 0. The zero-order chi connectivity index (χ0) is 15.6.